The number of hydrogen-bond donors (Lipinski definition) is 3. The number of nitrogens with two attached hydrogens (primary N) is 1. The molecule has 2 rings (SSSR count). The smallest absolute Gasteiger partial charge is 0.414 e. The van der Waals surface area contributed by atoms with Crippen LogP contribution >= 0.6 is 0 Å². The number of likely N-dealkylation sites (tertiary alicyclic amines) is 1. The summed E-state index contributed by atoms with van der Waals surface area (Å²) in [5, 5.41) is 14.8. The number of methoxy groups -OCH3 is 2. The summed E-state index contributed by atoms with van der Waals surface area (Å²) in [6, 6.07) is 5.96. The van der Waals surface area contributed by atoms with E-state index in [1.165, 1.54) is 5.56 Å². The van der Waals surface area contributed by atoms with Crippen molar-refractivity contribution in [1.29, 1.82) is 0 Å². The van der Waals surface area contributed by atoms with E-state index < -0.39 is 11.9 Å². The van der Waals surface area contributed by atoms with Gasteiger partial charge in [0, 0.05) is 12.5 Å². The number of benzene rings is 1. The van der Waals surface area contributed by atoms with Crippen LogP contribution in [0, 0.1) is 5.92 Å². The molecule has 0 aromatic heterocycles. The van der Waals surface area contributed by atoms with E-state index in [4.69, 9.17) is 35.0 Å². The largest absolute Gasteiger partial charge is 0.493 e. The summed E-state index contributed by atoms with van der Waals surface area (Å²) < 4.78 is 10.5. The van der Waals surface area contributed by atoms with Gasteiger partial charge in [0.15, 0.2) is 11.5 Å². The van der Waals surface area contributed by atoms with Crippen LogP contribution in [0.1, 0.15) is 18.4 Å². The second-order valence-corrected chi connectivity index (χ2v) is 5.75. The maximum atomic E-state index is 11.1. The van der Waals surface area contributed by atoms with Crippen LogP contribution in [0.4, 0.5) is 0 Å². The minimum atomic E-state index is -1.82. The first-order valence-electron chi connectivity index (χ1n) is 7.97. The van der Waals surface area contributed by atoms with E-state index in [9.17, 15) is 4.79 Å². The molecule has 1 aromatic carbocycles. The SMILES string of the molecule is COc1ccc(CN2CCC(C(N)=O)CC2)cc1OC.O=C(O)C(=O)O. The molecule has 0 saturated carbocycles. The molecule has 0 radical (unpaired) electrons. The highest BCUT2D eigenvalue weighted by Crippen LogP contribution is 2.28. The Morgan fingerprint density at radius 2 is 1.62 bits per heavy atom. The number of piperidine rings is 1. The van der Waals surface area contributed by atoms with Gasteiger partial charge in [0.05, 0.1) is 14.2 Å². The number of ether oxygens (including phenoxy) is 2. The van der Waals surface area contributed by atoms with Gasteiger partial charge in [0.2, 0.25) is 5.91 Å². The molecule has 0 aliphatic carbocycles. The summed E-state index contributed by atoms with van der Waals surface area (Å²) in [4.78, 5) is 31.7. The van der Waals surface area contributed by atoms with Gasteiger partial charge in [-0.1, -0.05) is 6.07 Å². The van der Waals surface area contributed by atoms with Crippen LogP contribution in [0.15, 0.2) is 18.2 Å². The van der Waals surface area contributed by atoms with Crippen molar-refractivity contribution < 1.29 is 34.1 Å². The molecule has 0 bridgehead atoms. The molecular weight excluding hydrogens is 344 g/mol. The van der Waals surface area contributed by atoms with Crippen molar-refractivity contribution in [2.45, 2.75) is 19.4 Å². The average molecular weight is 368 g/mol. The van der Waals surface area contributed by atoms with Gasteiger partial charge in [-0.05, 0) is 43.6 Å². The van der Waals surface area contributed by atoms with Crippen LogP contribution in [0.2, 0.25) is 0 Å². The molecule has 1 fully saturated rings. The van der Waals surface area contributed by atoms with Crippen molar-refractivity contribution in [3.8, 4) is 11.5 Å². The molecule has 26 heavy (non-hydrogen) atoms. The van der Waals surface area contributed by atoms with Gasteiger partial charge in [0.1, 0.15) is 0 Å². The van der Waals surface area contributed by atoms with Crippen molar-refractivity contribution in [2.75, 3.05) is 27.3 Å². The number of rotatable bonds is 5. The van der Waals surface area contributed by atoms with Crippen LogP contribution < -0.4 is 15.2 Å². The van der Waals surface area contributed by atoms with Gasteiger partial charge >= 0.3 is 11.9 Å². The van der Waals surface area contributed by atoms with Gasteiger partial charge in [-0.2, -0.15) is 0 Å². The predicted octanol–water partition coefficient (Wildman–Crippen LogP) is 0.557. The van der Waals surface area contributed by atoms with Gasteiger partial charge in [-0.15, -0.1) is 0 Å². The minimum Gasteiger partial charge on any atom is -0.493 e. The lowest BCUT2D eigenvalue weighted by Gasteiger charge is -2.30. The van der Waals surface area contributed by atoms with Gasteiger partial charge < -0.3 is 25.4 Å². The summed E-state index contributed by atoms with van der Waals surface area (Å²) in [7, 11) is 3.27. The summed E-state index contributed by atoms with van der Waals surface area (Å²) in [6.45, 7) is 2.66. The summed E-state index contributed by atoms with van der Waals surface area (Å²) in [6.07, 6.45) is 1.70. The van der Waals surface area contributed by atoms with Gasteiger partial charge in [-0.3, -0.25) is 9.69 Å². The highest BCUT2D eigenvalue weighted by atomic mass is 16.5. The lowest BCUT2D eigenvalue weighted by atomic mass is 9.96. The zero-order chi connectivity index (χ0) is 19.7. The van der Waals surface area contributed by atoms with E-state index in [2.05, 4.69) is 4.90 Å². The molecular formula is C17H24N2O7. The topological polar surface area (TPSA) is 139 Å². The normalized spacial score (nSPS) is 14.7. The predicted molar refractivity (Wildman–Crippen MR) is 92.0 cm³/mol. The molecule has 9 heteroatoms. The molecule has 4 N–H and O–H groups in total. The number of carboxylic acids is 2. The number of carboxylic acid groups (broad SMARTS) is 2. The van der Waals surface area contributed by atoms with Crippen molar-refractivity contribution >= 4 is 17.8 Å². The molecule has 9 nitrogen and oxygen atoms in total. The molecule has 1 amide bonds. The standard InChI is InChI=1S/C15H22N2O3.C2H2O4/c1-19-13-4-3-11(9-14(13)20-2)10-17-7-5-12(6-8-17)15(16)18;3-1(4)2(5)6/h3-4,9,12H,5-8,10H2,1-2H3,(H2,16,18);(H,3,4)(H,5,6). The fraction of sp³-hybridized carbons (Fsp3) is 0.471. The zero-order valence-electron chi connectivity index (χ0n) is 14.8. The molecule has 1 saturated heterocycles. The van der Waals surface area contributed by atoms with E-state index >= 15 is 0 Å². The summed E-state index contributed by atoms with van der Waals surface area (Å²) in [5.41, 5.74) is 6.53. The number of carbonyl (C=O) groups is 3. The van der Waals surface area contributed by atoms with Crippen LogP contribution in [0.5, 0.6) is 11.5 Å². The van der Waals surface area contributed by atoms with Crippen LogP contribution in [0.25, 0.3) is 0 Å². The maximum Gasteiger partial charge on any atom is 0.414 e. The lowest BCUT2D eigenvalue weighted by molar-refractivity contribution is -0.159. The van der Waals surface area contributed by atoms with Gasteiger partial charge in [0.25, 0.3) is 0 Å². The molecule has 1 aliphatic rings. The first-order chi connectivity index (χ1) is 12.3. The fourth-order valence-electron chi connectivity index (χ4n) is 2.61. The monoisotopic (exact) mass is 368 g/mol. The Hall–Kier alpha value is -2.81. The third-order valence-corrected chi connectivity index (χ3v) is 4.03. The van der Waals surface area contributed by atoms with E-state index in [1.807, 2.05) is 18.2 Å². The van der Waals surface area contributed by atoms with Crippen molar-refractivity contribution in [3.05, 3.63) is 23.8 Å². The maximum absolute atomic E-state index is 11.1. The summed E-state index contributed by atoms with van der Waals surface area (Å²) >= 11 is 0. The molecule has 1 heterocycles. The number of hydrogen-bond acceptors (Lipinski definition) is 6. The Kier molecular flexibility index (Phi) is 8.36. The molecule has 1 aromatic rings. The molecule has 0 atom stereocenters. The van der Waals surface area contributed by atoms with E-state index in [-0.39, 0.29) is 11.8 Å². The number of primary amides is 1. The number of aliphatic carboxylic acids is 2. The fourth-order valence-corrected chi connectivity index (χ4v) is 2.61. The number of amides is 1. The second kappa shape index (κ2) is 10.2. The van der Waals surface area contributed by atoms with Crippen LogP contribution in [-0.4, -0.2) is 60.3 Å². The lowest BCUT2D eigenvalue weighted by Crippen LogP contribution is -2.38. The second-order valence-electron chi connectivity index (χ2n) is 5.75. The van der Waals surface area contributed by atoms with Crippen LogP contribution in [-0.2, 0) is 20.9 Å². The van der Waals surface area contributed by atoms with Crippen molar-refractivity contribution in [1.82, 2.24) is 4.90 Å². The first kappa shape index (κ1) is 21.2. The van der Waals surface area contributed by atoms with Crippen LogP contribution in [0.3, 0.4) is 0 Å². The Labute approximate surface area is 151 Å². The molecule has 144 valence electrons. The highest BCUT2D eigenvalue weighted by Gasteiger charge is 2.23. The molecule has 1 aliphatic heterocycles. The van der Waals surface area contributed by atoms with Crippen molar-refractivity contribution in [3.63, 3.8) is 0 Å². The minimum absolute atomic E-state index is 0.0386. The van der Waals surface area contributed by atoms with Gasteiger partial charge in [-0.25, -0.2) is 9.59 Å². The Morgan fingerprint density at radius 1 is 1.08 bits per heavy atom. The summed E-state index contributed by atoms with van der Waals surface area (Å²) in [5.74, 6) is -2.29. The highest BCUT2D eigenvalue weighted by molar-refractivity contribution is 6.27. The third-order valence-electron chi connectivity index (χ3n) is 4.03. The third kappa shape index (κ3) is 6.60. The number of nitrogens with zero attached hydrogens (tertiary/aromatic N) is 1. The molecule has 0 spiro atoms. The zero-order valence-corrected chi connectivity index (χ0v) is 14.8. The Bertz CT molecular complexity index is 628. The van der Waals surface area contributed by atoms with E-state index in [0.717, 1.165) is 44.0 Å². The quantitative estimate of drug-likeness (QED) is 0.641. The number of carbonyl (C=O) groups excluding carboxylic acids is 1. The van der Waals surface area contributed by atoms with E-state index in [0.29, 0.717) is 0 Å². The Balaban J connectivity index is 0.000000487. The van der Waals surface area contributed by atoms with Crippen molar-refractivity contribution in [2.24, 2.45) is 11.7 Å². The molecule has 0 unspecified atom stereocenters. The van der Waals surface area contributed by atoms with E-state index in [1.54, 1.807) is 14.2 Å². The average Bonchev–Trinajstić information content (AvgIpc) is 2.62. The first-order valence-corrected chi connectivity index (χ1v) is 7.97. The Morgan fingerprint density at radius 3 is 2.04 bits per heavy atom.